The number of carbonyl (C=O) groups is 2. The summed E-state index contributed by atoms with van der Waals surface area (Å²) in [5.74, 6) is 0.353. The third kappa shape index (κ3) is 3.10. The van der Waals surface area contributed by atoms with Crippen LogP contribution in [0, 0.1) is 34.5 Å². The van der Waals surface area contributed by atoms with Gasteiger partial charge in [-0.15, -0.1) is 0 Å². The zero-order chi connectivity index (χ0) is 22.1. The number of alkyl halides is 3. The van der Waals surface area contributed by atoms with Gasteiger partial charge in [0.25, 0.3) is 0 Å². The van der Waals surface area contributed by atoms with E-state index in [1.54, 1.807) is 6.08 Å². The molecule has 0 spiro atoms. The summed E-state index contributed by atoms with van der Waals surface area (Å²) in [5.41, 5.74) is -2.58. The van der Waals surface area contributed by atoms with Gasteiger partial charge in [-0.2, -0.15) is 13.2 Å². The number of amides is 2. The molecule has 30 heavy (non-hydrogen) atoms. The summed E-state index contributed by atoms with van der Waals surface area (Å²) in [5, 5.41) is 5.43. The average molecular weight is 427 g/mol. The Morgan fingerprint density at radius 2 is 1.80 bits per heavy atom. The number of halogens is 3. The van der Waals surface area contributed by atoms with Gasteiger partial charge in [0.05, 0.1) is 0 Å². The van der Waals surface area contributed by atoms with Crippen molar-refractivity contribution in [1.29, 1.82) is 0 Å². The fraction of sp³-hybridized carbons (Fsp3) is 0.826. The number of fused-ring (bicyclic) bond motifs is 5. The molecule has 3 fully saturated rings. The second-order valence-electron chi connectivity index (χ2n) is 11.0. The molecule has 1 aliphatic heterocycles. The summed E-state index contributed by atoms with van der Waals surface area (Å²) in [6, 6.07) is 0.147. The van der Waals surface area contributed by atoms with Crippen molar-refractivity contribution in [2.24, 2.45) is 34.5 Å². The van der Waals surface area contributed by atoms with E-state index in [0.29, 0.717) is 24.2 Å². The van der Waals surface area contributed by atoms with Gasteiger partial charge in [0, 0.05) is 17.4 Å². The monoisotopic (exact) mass is 426 g/mol. The molecule has 4 nitrogen and oxygen atoms in total. The molecule has 3 saturated carbocycles. The minimum absolute atomic E-state index is 0.0264. The normalized spacial score (nSPS) is 43.3. The van der Waals surface area contributed by atoms with Crippen LogP contribution in [-0.2, 0) is 9.59 Å². The quantitative estimate of drug-likeness (QED) is 0.689. The predicted octanol–water partition coefficient (Wildman–Crippen LogP) is 4.36. The minimum atomic E-state index is -4.48. The highest BCUT2D eigenvalue weighted by molar-refractivity contribution is 5.89. The molecular weight excluding hydrogens is 393 g/mol. The lowest BCUT2D eigenvalue weighted by Crippen LogP contribution is -2.60. The van der Waals surface area contributed by atoms with Gasteiger partial charge in [0.1, 0.15) is 5.54 Å². The molecule has 7 atom stereocenters. The summed E-state index contributed by atoms with van der Waals surface area (Å²) >= 11 is 0. The van der Waals surface area contributed by atoms with Gasteiger partial charge in [0.15, 0.2) is 0 Å². The molecule has 4 rings (SSSR count). The molecule has 2 N–H and O–H groups in total. The van der Waals surface area contributed by atoms with Crippen LogP contribution >= 0.6 is 0 Å². The molecule has 0 radical (unpaired) electrons. The summed E-state index contributed by atoms with van der Waals surface area (Å²) < 4.78 is 39.9. The average Bonchev–Trinajstić information content (AvgIpc) is 2.98. The summed E-state index contributed by atoms with van der Waals surface area (Å²) in [6.07, 6.45) is 4.49. The minimum Gasteiger partial charge on any atom is -0.349 e. The van der Waals surface area contributed by atoms with E-state index in [-0.39, 0.29) is 28.7 Å². The molecule has 0 aromatic heterocycles. The largest absolute Gasteiger partial charge is 0.410 e. The standard InChI is InChI=1S/C23H33F3N2O2/c1-20(2,23(24,25)26)28-19(30)16-7-6-14-13-5-8-17-22(4,12-10-18(29)27-17)15(13)9-11-21(14,16)3/h10,12-17H,5-9,11H2,1-4H3,(H,27,29)(H,28,30)/t13-,14-,15+,16?,17?,21-,22+/m0/s1. The number of hydrogen-bond donors (Lipinski definition) is 2. The molecule has 0 saturated heterocycles. The number of nitrogens with one attached hydrogen (secondary N) is 2. The smallest absolute Gasteiger partial charge is 0.349 e. The maximum Gasteiger partial charge on any atom is 0.410 e. The van der Waals surface area contributed by atoms with Crippen molar-refractivity contribution in [3.8, 4) is 0 Å². The molecule has 2 amide bonds. The predicted molar refractivity (Wildman–Crippen MR) is 107 cm³/mol. The Bertz CT molecular complexity index is 777. The summed E-state index contributed by atoms with van der Waals surface area (Å²) in [6.45, 7) is 6.42. The van der Waals surface area contributed by atoms with Gasteiger partial charge >= 0.3 is 6.18 Å². The first-order valence-corrected chi connectivity index (χ1v) is 11.2. The highest BCUT2D eigenvalue weighted by atomic mass is 19.4. The van der Waals surface area contributed by atoms with Gasteiger partial charge in [-0.25, -0.2) is 0 Å². The second kappa shape index (κ2) is 6.73. The Labute approximate surface area is 176 Å². The van der Waals surface area contributed by atoms with Crippen molar-refractivity contribution in [3.05, 3.63) is 12.2 Å². The van der Waals surface area contributed by atoms with Crippen LogP contribution in [0.3, 0.4) is 0 Å². The van der Waals surface area contributed by atoms with E-state index in [1.165, 1.54) is 0 Å². The van der Waals surface area contributed by atoms with Gasteiger partial charge in [-0.1, -0.05) is 19.9 Å². The zero-order valence-corrected chi connectivity index (χ0v) is 18.2. The molecule has 4 aliphatic rings. The van der Waals surface area contributed by atoms with Crippen LogP contribution < -0.4 is 10.6 Å². The van der Waals surface area contributed by atoms with Crippen molar-refractivity contribution in [2.75, 3.05) is 0 Å². The SMILES string of the molecule is CC(C)(NC(=O)C1CC[C@H]2[C@@H]3CCC4NC(=O)C=C[C@]4(C)[C@@H]3CC[C@]12C)C(F)(F)F. The van der Waals surface area contributed by atoms with Gasteiger partial charge < -0.3 is 10.6 Å². The van der Waals surface area contributed by atoms with E-state index < -0.39 is 17.6 Å². The topological polar surface area (TPSA) is 58.2 Å². The van der Waals surface area contributed by atoms with Crippen LogP contribution in [0.25, 0.3) is 0 Å². The maximum atomic E-state index is 13.3. The fourth-order valence-corrected chi connectivity index (χ4v) is 7.23. The lowest BCUT2D eigenvalue weighted by Gasteiger charge is -2.58. The van der Waals surface area contributed by atoms with Crippen molar-refractivity contribution >= 4 is 11.8 Å². The third-order valence-corrected chi connectivity index (χ3v) is 9.15. The lowest BCUT2D eigenvalue weighted by molar-refractivity contribution is -0.190. The van der Waals surface area contributed by atoms with Crippen LogP contribution in [0.15, 0.2) is 12.2 Å². The van der Waals surface area contributed by atoms with Crippen LogP contribution in [-0.4, -0.2) is 29.6 Å². The van der Waals surface area contributed by atoms with E-state index in [0.717, 1.165) is 46.0 Å². The fourth-order valence-electron chi connectivity index (χ4n) is 7.23. The zero-order valence-electron chi connectivity index (χ0n) is 18.2. The van der Waals surface area contributed by atoms with E-state index in [4.69, 9.17) is 0 Å². The second-order valence-corrected chi connectivity index (χ2v) is 11.0. The number of carbonyl (C=O) groups excluding carboxylic acids is 2. The van der Waals surface area contributed by atoms with E-state index in [1.807, 2.05) is 0 Å². The van der Waals surface area contributed by atoms with Crippen LogP contribution in [0.5, 0.6) is 0 Å². The van der Waals surface area contributed by atoms with E-state index >= 15 is 0 Å². The third-order valence-electron chi connectivity index (χ3n) is 9.15. The molecular formula is C23H33F3N2O2. The van der Waals surface area contributed by atoms with Crippen molar-refractivity contribution in [2.45, 2.75) is 84.0 Å². The summed E-state index contributed by atoms with van der Waals surface area (Å²) in [4.78, 5) is 24.8. The molecule has 168 valence electrons. The number of rotatable bonds is 2. The molecule has 0 aromatic rings. The van der Waals surface area contributed by atoms with Gasteiger partial charge in [-0.05, 0) is 81.6 Å². The molecule has 7 heteroatoms. The first-order valence-electron chi connectivity index (χ1n) is 11.2. The lowest BCUT2D eigenvalue weighted by atomic mass is 9.48. The first-order chi connectivity index (χ1) is 13.8. The highest BCUT2D eigenvalue weighted by Crippen LogP contribution is 2.65. The Balaban J connectivity index is 1.55. The molecule has 0 aromatic carbocycles. The Morgan fingerprint density at radius 1 is 1.10 bits per heavy atom. The van der Waals surface area contributed by atoms with E-state index in [2.05, 4.69) is 30.6 Å². The maximum absolute atomic E-state index is 13.3. The molecule has 3 aliphatic carbocycles. The Morgan fingerprint density at radius 3 is 2.47 bits per heavy atom. The molecule has 2 unspecified atom stereocenters. The van der Waals surface area contributed by atoms with Gasteiger partial charge in [-0.3, -0.25) is 9.59 Å². The molecule has 0 bridgehead atoms. The van der Waals surface area contributed by atoms with E-state index in [9.17, 15) is 22.8 Å². The van der Waals surface area contributed by atoms with Gasteiger partial charge in [0.2, 0.25) is 11.8 Å². The van der Waals surface area contributed by atoms with Crippen LogP contribution in [0.4, 0.5) is 13.2 Å². The highest BCUT2D eigenvalue weighted by Gasteiger charge is 2.61. The Hall–Kier alpha value is -1.53. The van der Waals surface area contributed by atoms with Crippen LogP contribution in [0.1, 0.15) is 66.2 Å². The van der Waals surface area contributed by atoms with Crippen molar-refractivity contribution in [1.82, 2.24) is 10.6 Å². The number of hydrogen-bond acceptors (Lipinski definition) is 2. The van der Waals surface area contributed by atoms with Crippen molar-refractivity contribution < 1.29 is 22.8 Å². The van der Waals surface area contributed by atoms with Crippen molar-refractivity contribution in [3.63, 3.8) is 0 Å². The summed E-state index contributed by atoms with van der Waals surface area (Å²) in [7, 11) is 0. The first kappa shape index (κ1) is 21.7. The Kier molecular flexibility index (Phi) is 4.87. The molecule has 1 heterocycles. The van der Waals surface area contributed by atoms with Crippen LogP contribution in [0.2, 0.25) is 0 Å².